The minimum absolute atomic E-state index is 0.0629. The molecule has 150 valence electrons. The second-order valence-corrected chi connectivity index (χ2v) is 7.69. The number of benzene rings is 3. The minimum Gasteiger partial charge on any atom is -0.489 e. The molecule has 0 unspecified atom stereocenters. The predicted octanol–water partition coefficient (Wildman–Crippen LogP) is 6.31. The van der Waals surface area contributed by atoms with Gasteiger partial charge in [0.25, 0.3) is 5.91 Å². The monoisotopic (exact) mass is 417 g/mol. The fourth-order valence-electron chi connectivity index (χ4n) is 3.07. The Morgan fingerprint density at radius 1 is 0.867 bits per heavy atom. The summed E-state index contributed by atoms with van der Waals surface area (Å²) >= 11 is 1.38. The Bertz CT molecular complexity index is 1110. The normalized spacial score (nSPS) is 10.6. The van der Waals surface area contributed by atoms with Crippen LogP contribution in [0.4, 0.5) is 10.1 Å². The smallest absolute Gasteiger partial charge is 0.268 e. The van der Waals surface area contributed by atoms with Crippen molar-refractivity contribution >= 4 is 22.9 Å². The third-order valence-electron chi connectivity index (χ3n) is 4.56. The molecule has 1 aromatic heterocycles. The van der Waals surface area contributed by atoms with Gasteiger partial charge in [0.05, 0.1) is 11.4 Å². The van der Waals surface area contributed by atoms with Gasteiger partial charge in [-0.2, -0.15) is 0 Å². The second-order valence-electron chi connectivity index (χ2n) is 6.78. The highest BCUT2D eigenvalue weighted by atomic mass is 32.1. The van der Waals surface area contributed by atoms with Crippen molar-refractivity contribution in [1.29, 1.82) is 0 Å². The number of thiophene rings is 1. The molecular formula is C25H20FNO2S. The molecule has 0 fully saturated rings. The Morgan fingerprint density at radius 3 is 2.33 bits per heavy atom. The van der Waals surface area contributed by atoms with Crippen molar-refractivity contribution in [2.75, 3.05) is 4.90 Å². The van der Waals surface area contributed by atoms with Crippen LogP contribution in [-0.2, 0) is 13.2 Å². The molecule has 0 aliphatic carbocycles. The lowest BCUT2D eigenvalue weighted by Crippen LogP contribution is -2.29. The zero-order valence-corrected chi connectivity index (χ0v) is 17.0. The van der Waals surface area contributed by atoms with E-state index in [1.807, 2.05) is 72.1 Å². The molecule has 0 saturated heterocycles. The number of amides is 1. The Morgan fingerprint density at radius 2 is 1.60 bits per heavy atom. The number of hydrogen-bond donors (Lipinski definition) is 0. The summed E-state index contributed by atoms with van der Waals surface area (Å²) < 4.78 is 19.0. The summed E-state index contributed by atoms with van der Waals surface area (Å²) in [5.41, 5.74) is 2.78. The zero-order chi connectivity index (χ0) is 20.8. The van der Waals surface area contributed by atoms with Crippen LogP contribution in [0.1, 0.15) is 20.8 Å². The van der Waals surface area contributed by atoms with Crippen LogP contribution in [0.2, 0.25) is 0 Å². The van der Waals surface area contributed by atoms with Gasteiger partial charge in [-0.25, -0.2) is 4.39 Å². The number of halogens is 1. The molecule has 0 N–H and O–H groups in total. The fourth-order valence-corrected chi connectivity index (χ4v) is 3.92. The van der Waals surface area contributed by atoms with Crippen LogP contribution in [0.15, 0.2) is 96.4 Å². The van der Waals surface area contributed by atoms with Crippen LogP contribution in [0.25, 0.3) is 0 Å². The van der Waals surface area contributed by atoms with Gasteiger partial charge >= 0.3 is 0 Å². The molecular weight excluding hydrogens is 397 g/mol. The zero-order valence-electron chi connectivity index (χ0n) is 16.2. The average molecular weight is 418 g/mol. The van der Waals surface area contributed by atoms with Crippen molar-refractivity contribution in [1.82, 2.24) is 0 Å². The highest BCUT2D eigenvalue weighted by Crippen LogP contribution is 2.24. The number of carbonyl (C=O) groups is 1. The first kappa shape index (κ1) is 19.9. The van der Waals surface area contributed by atoms with Crippen LogP contribution in [0.5, 0.6) is 5.75 Å². The Labute approximate surface area is 179 Å². The molecule has 0 aliphatic heterocycles. The molecule has 4 aromatic rings. The first-order valence-corrected chi connectivity index (χ1v) is 10.4. The van der Waals surface area contributed by atoms with E-state index in [1.165, 1.54) is 23.5 Å². The largest absolute Gasteiger partial charge is 0.489 e. The van der Waals surface area contributed by atoms with Crippen LogP contribution in [0.3, 0.4) is 0 Å². The maximum atomic E-state index is 13.3. The minimum atomic E-state index is -0.340. The summed E-state index contributed by atoms with van der Waals surface area (Å²) in [6.45, 7) is 0.758. The fraction of sp³-hybridized carbons (Fsp3) is 0.0800. The third kappa shape index (κ3) is 4.93. The molecule has 0 radical (unpaired) electrons. The number of rotatable bonds is 7. The van der Waals surface area contributed by atoms with E-state index in [-0.39, 0.29) is 18.3 Å². The molecule has 0 spiro atoms. The molecule has 1 heterocycles. The summed E-state index contributed by atoms with van der Waals surface area (Å²) in [5.74, 6) is 0.0595. The van der Waals surface area contributed by atoms with Gasteiger partial charge in [0, 0.05) is 17.3 Å². The van der Waals surface area contributed by atoms with Gasteiger partial charge in [-0.3, -0.25) is 4.79 Å². The number of anilines is 1. The highest BCUT2D eigenvalue weighted by Gasteiger charge is 2.20. The van der Waals surface area contributed by atoms with E-state index in [9.17, 15) is 9.18 Å². The molecule has 0 saturated carbocycles. The first-order chi connectivity index (χ1) is 14.7. The second kappa shape index (κ2) is 9.37. The van der Waals surface area contributed by atoms with Gasteiger partial charge in [-0.05, 0) is 41.3 Å². The summed E-state index contributed by atoms with van der Waals surface area (Å²) in [5, 5.41) is 1.90. The average Bonchev–Trinajstić information content (AvgIpc) is 3.26. The van der Waals surface area contributed by atoms with Crippen LogP contribution in [0, 0.1) is 5.82 Å². The molecule has 4 rings (SSSR count). The molecule has 3 nitrogen and oxygen atoms in total. The van der Waals surface area contributed by atoms with Crippen LogP contribution < -0.4 is 9.64 Å². The number of ether oxygens (including phenoxy) is 1. The van der Waals surface area contributed by atoms with Gasteiger partial charge in [-0.1, -0.05) is 54.6 Å². The Kier molecular flexibility index (Phi) is 6.20. The van der Waals surface area contributed by atoms with Crippen molar-refractivity contribution < 1.29 is 13.9 Å². The summed E-state index contributed by atoms with van der Waals surface area (Å²) in [4.78, 5) is 15.7. The maximum Gasteiger partial charge on any atom is 0.268 e. The number of hydrogen-bond acceptors (Lipinski definition) is 3. The molecule has 0 aliphatic rings. The number of nitrogens with zero attached hydrogens (tertiary/aromatic N) is 1. The van der Waals surface area contributed by atoms with Crippen LogP contribution >= 0.6 is 11.3 Å². The highest BCUT2D eigenvalue weighted by molar-refractivity contribution is 7.12. The van der Waals surface area contributed by atoms with Gasteiger partial charge in [0.15, 0.2) is 0 Å². The Hall–Kier alpha value is -3.44. The van der Waals surface area contributed by atoms with Crippen molar-refractivity contribution in [2.45, 2.75) is 13.2 Å². The molecule has 0 bridgehead atoms. The van der Waals surface area contributed by atoms with Gasteiger partial charge < -0.3 is 9.64 Å². The van der Waals surface area contributed by atoms with Gasteiger partial charge in [0.2, 0.25) is 0 Å². The molecule has 30 heavy (non-hydrogen) atoms. The lowest BCUT2D eigenvalue weighted by Gasteiger charge is -2.22. The van der Waals surface area contributed by atoms with Crippen LogP contribution in [-0.4, -0.2) is 5.91 Å². The van der Waals surface area contributed by atoms with Gasteiger partial charge in [-0.15, -0.1) is 11.3 Å². The predicted molar refractivity (Wildman–Crippen MR) is 118 cm³/mol. The van der Waals surface area contributed by atoms with E-state index in [0.29, 0.717) is 17.2 Å². The van der Waals surface area contributed by atoms with E-state index >= 15 is 0 Å². The Balaban J connectivity index is 1.51. The van der Waals surface area contributed by atoms with Crippen molar-refractivity contribution in [3.8, 4) is 5.75 Å². The number of carbonyl (C=O) groups excluding carboxylic acids is 1. The van der Waals surface area contributed by atoms with E-state index < -0.39 is 0 Å². The SMILES string of the molecule is O=C(c1cc(COc2cccc(F)c2)cs1)N(Cc1ccccc1)c1ccccc1. The van der Waals surface area contributed by atoms with E-state index in [1.54, 1.807) is 17.0 Å². The quantitative estimate of drug-likeness (QED) is 0.352. The van der Waals surface area contributed by atoms with E-state index in [4.69, 9.17) is 4.74 Å². The summed E-state index contributed by atoms with van der Waals surface area (Å²) in [6, 6.07) is 27.4. The standard InChI is InChI=1S/C25H20FNO2S/c26-21-10-7-13-23(15-21)29-17-20-14-24(30-18-20)25(28)27(22-11-5-2-6-12-22)16-19-8-3-1-4-9-19/h1-15,18H,16-17H2. The van der Waals surface area contributed by atoms with Crippen molar-refractivity contribution in [2.24, 2.45) is 0 Å². The third-order valence-corrected chi connectivity index (χ3v) is 5.53. The summed E-state index contributed by atoms with van der Waals surface area (Å²) in [7, 11) is 0. The maximum absolute atomic E-state index is 13.3. The molecule has 3 aromatic carbocycles. The summed E-state index contributed by atoms with van der Waals surface area (Å²) in [6.07, 6.45) is 0. The molecule has 1 amide bonds. The lowest BCUT2D eigenvalue weighted by atomic mass is 10.2. The van der Waals surface area contributed by atoms with Gasteiger partial charge in [0.1, 0.15) is 18.2 Å². The topological polar surface area (TPSA) is 29.5 Å². The van der Waals surface area contributed by atoms with Crippen molar-refractivity contribution in [3.63, 3.8) is 0 Å². The number of para-hydroxylation sites is 1. The lowest BCUT2D eigenvalue weighted by molar-refractivity contribution is 0.0989. The molecule has 5 heteroatoms. The van der Waals surface area contributed by atoms with E-state index in [2.05, 4.69) is 0 Å². The first-order valence-electron chi connectivity index (χ1n) is 9.56. The molecule has 0 atom stereocenters. The van der Waals surface area contributed by atoms with E-state index in [0.717, 1.165) is 16.8 Å². The van der Waals surface area contributed by atoms with Crippen molar-refractivity contribution in [3.05, 3.63) is 118 Å².